The highest BCUT2D eigenvalue weighted by molar-refractivity contribution is 6.26. The summed E-state index contributed by atoms with van der Waals surface area (Å²) in [5.74, 6) is 1.66. The summed E-state index contributed by atoms with van der Waals surface area (Å²) in [4.78, 5) is 36.2. The van der Waals surface area contributed by atoms with Crippen molar-refractivity contribution in [2.45, 2.75) is 98.8 Å². The summed E-state index contributed by atoms with van der Waals surface area (Å²) in [6, 6.07) is 7.14. The van der Waals surface area contributed by atoms with Gasteiger partial charge in [-0.1, -0.05) is 95.2 Å². The molecule has 0 fully saturated rings. The number of aldehydes is 1. The van der Waals surface area contributed by atoms with Crippen molar-refractivity contribution < 1.29 is 14.4 Å². The molecule has 3 unspecified atom stereocenters. The lowest BCUT2D eigenvalue weighted by atomic mass is 9.83. The minimum Gasteiger partial charge on any atom is -0.303 e. The molecule has 0 aromatic heterocycles. The highest BCUT2D eigenvalue weighted by atomic mass is 16.1. The highest BCUT2D eigenvalue weighted by Crippen LogP contribution is 2.29. The molecule has 1 aliphatic rings. The third kappa shape index (κ3) is 8.49. The van der Waals surface area contributed by atoms with Crippen LogP contribution in [0.1, 0.15) is 120 Å². The molecule has 0 heterocycles. The number of allylic oxidation sites excluding steroid dienone is 4. The average Bonchev–Trinajstić information content (AvgIpc) is 2.82. The number of carbonyl (C=O) groups excluding carboxylic acids is 3. The van der Waals surface area contributed by atoms with Crippen molar-refractivity contribution in [3.05, 3.63) is 58.2 Å². The van der Waals surface area contributed by atoms with E-state index in [1.807, 2.05) is 19.1 Å². The van der Waals surface area contributed by atoms with Gasteiger partial charge in [0.25, 0.3) is 0 Å². The fourth-order valence-corrected chi connectivity index (χ4v) is 4.86. The van der Waals surface area contributed by atoms with Crippen LogP contribution in [0.25, 0.3) is 0 Å². The Morgan fingerprint density at radius 2 is 1.35 bits per heavy atom. The zero-order chi connectivity index (χ0) is 25.1. The third-order valence-electron chi connectivity index (χ3n) is 7.39. The fraction of sp³-hybridized carbons (Fsp3) is 0.581. The van der Waals surface area contributed by atoms with Gasteiger partial charge in [0.05, 0.1) is 0 Å². The molecule has 0 radical (unpaired) electrons. The minimum atomic E-state index is -0.0186. The van der Waals surface area contributed by atoms with E-state index in [0.717, 1.165) is 43.8 Å². The van der Waals surface area contributed by atoms with Crippen LogP contribution in [0.15, 0.2) is 47.1 Å². The van der Waals surface area contributed by atoms with Gasteiger partial charge in [0.15, 0.2) is 11.6 Å². The lowest BCUT2D eigenvalue weighted by Crippen LogP contribution is -2.20. The SMILES string of the molecule is CC1=C(C/C=C(\C)CCCC(C)CCCC(C)CCCC(C)C=O)C(=O)c2ccccc2C1=O. The number of benzene rings is 1. The molecular weight excluding hydrogens is 420 g/mol. The Bertz CT molecular complexity index is 905. The van der Waals surface area contributed by atoms with Crippen molar-refractivity contribution in [2.24, 2.45) is 17.8 Å². The van der Waals surface area contributed by atoms with E-state index in [1.165, 1.54) is 37.7 Å². The van der Waals surface area contributed by atoms with Gasteiger partial charge in [-0.15, -0.1) is 0 Å². The number of hydrogen-bond donors (Lipinski definition) is 0. The molecule has 1 aromatic carbocycles. The first-order chi connectivity index (χ1) is 16.2. The van der Waals surface area contributed by atoms with Gasteiger partial charge in [-0.05, 0) is 51.4 Å². The van der Waals surface area contributed by atoms with Crippen LogP contribution in [0, 0.1) is 17.8 Å². The molecule has 2 rings (SSSR count). The van der Waals surface area contributed by atoms with E-state index in [2.05, 4.69) is 26.8 Å². The van der Waals surface area contributed by atoms with Gasteiger partial charge in [0, 0.05) is 28.2 Å². The smallest absolute Gasteiger partial charge is 0.190 e. The summed E-state index contributed by atoms with van der Waals surface area (Å²) >= 11 is 0. The van der Waals surface area contributed by atoms with E-state index in [9.17, 15) is 14.4 Å². The van der Waals surface area contributed by atoms with Gasteiger partial charge in [-0.2, -0.15) is 0 Å². The van der Waals surface area contributed by atoms with Gasteiger partial charge in [0.2, 0.25) is 0 Å². The Balaban J connectivity index is 1.69. The van der Waals surface area contributed by atoms with Gasteiger partial charge in [0.1, 0.15) is 6.29 Å². The van der Waals surface area contributed by atoms with Crippen molar-refractivity contribution in [3.8, 4) is 0 Å². The number of hydrogen-bond acceptors (Lipinski definition) is 3. The Hall–Kier alpha value is -2.29. The summed E-state index contributed by atoms with van der Waals surface area (Å²) in [7, 11) is 0. The van der Waals surface area contributed by atoms with Crippen LogP contribution in [0.2, 0.25) is 0 Å². The summed E-state index contributed by atoms with van der Waals surface area (Å²) in [5.41, 5.74) is 3.60. The van der Waals surface area contributed by atoms with Crippen molar-refractivity contribution >= 4 is 17.9 Å². The molecule has 0 aliphatic heterocycles. The molecule has 1 aliphatic carbocycles. The van der Waals surface area contributed by atoms with E-state index in [4.69, 9.17) is 0 Å². The largest absolute Gasteiger partial charge is 0.303 e. The number of ketones is 2. The second-order valence-electron chi connectivity index (χ2n) is 10.6. The van der Waals surface area contributed by atoms with Crippen molar-refractivity contribution in [1.29, 1.82) is 0 Å². The molecule has 0 saturated heterocycles. The maximum atomic E-state index is 12.9. The zero-order valence-electron chi connectivity index (χ0n) is 22.0. The van der Waals surface area contributed by atoms with Crippen LogP contribution >= 0.6 is 0 Å². The summed E-state index contributed by atoms with van der Waals surface area (Å²) in [6.45, 7) is 10.6. The van der Waals surface area contributed by atoms with E-state index in [1.54, 1.807) is 19.1 Å². The summed E-state index contributed by atoms with van der Waals surface area (Å²) in [5, 5.41) is 0. The first-order valence-corrected chi connectivity index (χ1v) is 13.2. The van der Waals surface area contributed by atoms with Crippen LogP contribution < -0.4 is 0 Å². The first-order valence-electron chi connectivity index (χ1n) is 13.2. The number of Topliss-reactive ketones (excluding diaryl/α,β-unsaturated/α-hetero) is 2. The maximum absolute atomic E-state index is 12.9. The van der Waals surface area contributed by atoms with Crippen LogP contribution in [0.4, 0.5) is 0 Å². The maximum Gasteiger partial charge on any atom is 0.190 e. The van der Waals surface area contributed by atoms with E-state index < -0.39 is 0 Å². The summed E-state index contributed by atoms with van der Waals surface area (Å²) < 4.78 is 0. The molecule has 0 amide bonds. The fourth-order valence-electron chi connectivity index (χ4n) is 4.86. The lowest BCUT2D eigenvalue weighted by molar-refractivity contribution is -0.110. The number of carbonyl (C=O) groups is 3. The highest BCUT2D eigenvalue weighted by Gasteiger charge is 2.28. The predicted octanol–water partition coefficient (Wildman–Crippen LogP) is 8.34. The second kappa shape index (κ2) is 14.2. The van der Waals surface area contributed by atoms with Crippen LogP contribution in [-0.2, 0) is 4.79 Å². The molecule has 34 heavy (non-hydrogen) atoms. The Labute approximate surface area is 207 Å². The van der Waals surface area contributed by atoms with E-state index in [-0.39, 0.29) is 17.5 Å². The van der Waals surface area contributed by atoms with Gasteiger partial charge in [-0.25, -0.2) is 0 Å². The van der Waals surface area contributed by atoms with Crippen molar-refractivity contribution in [1.82, 2.24) is 0 Å². The minimum absolute atomic E-state index is 0.00199. The standard InChI is InChI=1S/C31H44O3/c1-22(11-8-12-23(2)14-10-16-25(4)21-32)13-9-15-24(3)19-20-27-26(5)30(33)28-17-6-7-18-29(28)31(27)34/h6-7,17-19,21-23,25H,8-16,20H2,1-5H3/b24-19+. The normalized spacial score (nSPS) is 16.9. The van der Waals surface area contributed by atoms with Crippen LogP contribution in [0.3, 0.4) is 0 Å². The zero-order valence-corrected chi connectivity index (χ0v) is 22.0. The second-order valence-corrected chi connectivity index (χ2v) is 10.6. The molecule has 0 N–H and O–H groups in total. The van der Waals surface area contributed by atoms with Crippen molar-refractivity contribution in [2.75, 3.05) is 0 Å². The van der Waals surface area contributed by atoms with E-state index in [0.29, 0.717) is 28.7 Å². The Morgan fingerprint density at radius 1 is 0.824 bits per heavy atom. The van der Waals surface area contributed by atoms with Gasteiger partial charge >= 0.3 is 0 Å². The summed E-state index contributed by atoms with van der Waals surface area (Å²) in [6.07, 6.45) is 14.4. The molecule has 0 spiro atoms. The number of fused-ring (bicyclic) bond motifs is 1. The number of rotatable bonds is 15. The lowest BCUT2D eigenvalue weighted by Gasteiger charge is -2.18. The molecule has 0 saturated carbocycles. The Kier molecular flexibility index (Phi) is 11.7. The topological polar surface area (TPSA) is 51.2 Å². The van der Waals surface area contributed by atoms with Crippen LogP contribution in [-0.4, -0.2) is 17.9 Å². The molecule has 3 nitrogen and oxygen atoms in total. The van der Waals surface area contributed by atoms with Crippen molar-refractivity contribution in [3.63, 3.8) is 0 Å². The quantitative estimate of drug-likeness (QED) is 0.194. The Morgan fingerprint density at radius 3 is 1.94 bits per heavy atom. The van der Waals surface area contributed by atoms with Gasteiger partial charge < -0.3 is 4.79 Å². The van der Waals surface area contributed by atoms with Crippen LogP contribution in [0.5, 0.6) is 0 Å². The van der Waals surface area contributed by atoms with Gasteiger partial charge in [-0.3, -0.25) is 9.59 Å². The van der Waals surface area contributed by atoms with E-state index >= 15 is 0 Å². The monoisotopic (exact) mass is 464 g/mol. The molecule has 3 heteroatoms. The average molecular weight is 465 g/mol. The third-order valence-corrected chi connectivity index (χ3v) is 7.39. The molecule has 0 bridgehead atoms. The molecule has 3 atom stereocenters. The molecular formula is C31H44O3. The molecule has 186 valence electrons. The molecule has 1 aromatic rings. The predicted molar refractivity (Wildman–Crippen MR) is 141 cm³/mol. The first kappa shape index (κ1) is 28.0.